The van der Waals surface area contributed by atoms with Crippen LogP contribution in [0.15, 0.2) is 97.7 Å². The van der Waals surface area contributed by atoms with Crippen molar-refractivity contribution in [2.45, 2.75) is 19.4 Å². The molecule has 1 amide bonds. The lowest BCUT2D eigenvalue weighted by Gasteiger charge is -2.35. The van der Waals surface area contributed by atoms with Crippen molar-refractivity contribution in [3.8, 4) is 11.1 Å². The van der Waals surface area contributed by atoms with Gasteiger partial charge in [-0.05, 0) is 71.1 Å². The summed E-state index contributed by atoms with van der Waals surface area (Å²) in [5.41, 5.74) is 7.01. The average Bonchev–Trinajstić information content (AvgIpc) is 3.01. The molecule has 3 aromatic heterocycles. The molecular formula is C32H31N7O. The van der Waals surface area contributed by atoms with Gasteiger partial charge in [-0.1, -0.05) is 24.3 Å². The molecule has 40 heavy (non-hydrogen) atoms. The van der Waals surface area contributed by atoms with Crippen LogP contribution in [0.4, 0.5) is 11.5 Å². The molecule has 8 heteroatoms. The molecule has 0 saturated carbocycles. The summed E-state index contributed by atoms with van der Waals surface area (Å²) < 4.78 is 0. The fourth-order valence-electron chi connectivity index (χ4n) is 5.00. The first kappa shape index (κ1) is 25.6. The Morgan fingerprint density at radius 1 is 0.775 bits per heavy atom. The molecule has 1 fully saturated rings. The van der Waals surface area contributed by atoms with E-state index in [1.54, 1.807) is 12.4 Å². The number of aryl methyl sites for hydroxylation is 1. The monoisotopic (exact) mass is 529 g/mol. The number of carbonyl (C=O) groups excluding carboxylic acids is 1. The van der Waals surface area contributed by atoms with Crippen LogP contribution in [0.5, 0.6) is 0 Å². The summed E-state index contributed by atoms with van der Waals surface area (Å²) >= 11 is 0. The first-order valence-corrected chi connectivity index (χ1v) is 13.6. The van der Waals surface area contributed by atoms with Crippen molar-refractivity contribution in [3.05, 3.63) is 109 Å². The predicted molar refractivity (Wildman–Crippen MR) is 158 cm³/mol. The van der Waals surface area contributed by atoms with Crippen molar-refractivity contribution >= 4 is 28.4 Å². The van der Waals surface area contributed by atoms with Crippen LogP contribution in [0.25, 0.3) is 22.2 Å². The van der Waals surface area contributed by atoms with Crippen molar-refractivity contribution < 1.29 is 4.79 Å². The molecule has 8 nitrogen and oxygen atoms in total. The number of nitrogens with zero attached hydrogens (tertiary/aromatic N) is 6. The van der Waals surface area contributed by atoms with E-state index in [9.17, 15) is 4.79 Å². The molecule has 5 aromatic rings. The molecular weight excluding hydrogens is 498 g/mol. The standard InChI is InChI=1S/C32H31N7O/c40-32(10-3-24-11-14-33-15-12-24)36-28-7-4-26(5-8-28)27-6-9-29-30(20-27)37-31(22-35-29)39-18-16-38(17-19-39)23-25-2-1-13-34-21-25/h1-2,4-9,11-15,20-22H,3,10,16-19,23H2,(H,36,40). The first-order valence-electron chi connectivity index (χ1n) is 13.6. The first-order chi connectivity index (χ1) is 19.7. The van der Waals surface area contributed by atoms with Gasteiger partial charge in [-0.25, -0.2) is 4.98 Å². The van der Waals surface area contributed by atoms with Crippen molar-refractivity contribution in [1.29, 1.82) is 0 Å². The summed E-state index contributed by atoms with van der Waals surface area (Å²) in [4.78, 5) is 35.1. The lowest BCUT2D eigenvalue weighted by atomic mass is 10.0. The van der Waals surface area contributed by atoms with E-state index >= 15 is 0 Å². The SMILES string of the molecule is O=C(CCc1ccncc1)Nc1ccc(-c2ccc3ncc(N4CCN(Cc5cccnc5)CC4)nc3c2)cc1. The zero-order chi connectivity index (χ0) is 27.1. The number of aromatic nitrogens is 4. The van der Waals surface area contributed by atoms with E-state index in [1.165, 1.54) is 5.56 Å². The average molecular weight is 530 g/mol. The van der Waals surface area contributed by atoms with Crippen LogP contribution in [-0.4, -0.2) is 56.9 Å². The van der Waals surface area contributed by atoms with Gasteiger partial charge in [0.05, 0.1) is 17.2 Å². The van der Waals surface area contributed by atoms with Crippen molar-refractivity contribution in [2.75, 3.05) is 36.4 Å². The Balaban J connectivity index is 1.08. The second kappa shape index (κ2) is 12.0. The maximum atomic E-state index is 12.4. The molecule has 1 aliphatic rings. The van der Waals surface area contributed by atoms with Crippen molar-refractivity contribution in [1.82, 2.24) is 24.8 Å². The number of nitrogens with one attached hydrogen (secondary N) is 1. The highest BCUT2D eigenvalue weighted by atomic mass is 16.1. The maximum absolute atomic E-state index is 12.4. The Hall–Kier alpha value is -4.69. The molecule has 1 saturated heterocycles. The highest BCUT2D eigenvalue weighted by Gasteiger charge is 2.19. The van der Waals surface area contributed by atoms with Crippen molar-refractivity contribution in [3.63, 3.8) is 0 Å². The van der Waals surface area contributed by atoms with E-state index in [0.29, 0.717) is 12.8 Å². The predicted octanol–water partition coefficient (Wildman–Crippen LogP) is 4.98. The van der Waals surface area contributed by atoms with Gasteiger partial charge in [-0.2, -0.15) is 0 Å². The molecule has 4 heterocycles. The third-order valence-electron chi connectivity index (χ3n) is 7.25. The van der Waals surface area contributed by atoms with E-state index in [0.717, 1.165) is 72.0 Å². The van der Waals surface area contributed by atoms with Crippen molar-refractivity contribution in [2.24, 2.45) is 0 Å². The van der Waals surface area contributed by atoms with Gasteiger partial charge in [0.2, 0.25) is 5.91 Å². The zero-order valence-corrected chi connectivity index (χ0v) is 22.3. The Labute approximate surface area is 233 Å². The smallest absolute Gasteiger partial charge is 0.224 e. The van der Waals surface area contributed by atoms with E-state index in [1.807, 2.05) is 67.1 Å². The number of carbonyl (C=O) groups is 1. The summed E-state index contributed by atoms with van der Waals surface area (Å²) in [6.45, 7) is 4.69. The summed E-state index contributed by atoms with van der Waals surface area (Å²) in [6, 6.07) is 22.1. The zero-order valence-electron chi connectivity index (χ0n) is 22.3. The Morgan fingerprint density at radius 2 is 1.57 bits per heavy atom. The van der Waals surface area contributed by atoms with E-state index < -0.39 is 0 Å². The van der Waals surface area contributed by atoms with Gasteiger partial charge < -0.3 is 10.2 Å². The number of rotatable bonds is 8. The topological polar surface area (TPSA) is 87.1 Å². The summed E-state index contributed by atoms with van der Waals surface area (Å²) in [7, 11) is 0. The number of anilines is 2. The van der Waals surface area contributed by atoms with Crippen LogP contribution in [-0.2, 0) is 17.8 Å². The van der Waals surface area contributed by atoms with Gasteiger partial charge in [-0.15, -0.1) is 0 Å². The number of piperazine rings is 1. The van der Waals surface area contributed by atoms with Crippen LogP contribution in [0.1, 0.15) is 17.5 Å². The second-order valence-electron chi connectivity index (χ2n) is 10.0. The molecule has 0 radical (unpaired) electrons. The minimum absolute atomic E-state index is 0.00372. The van der Waals surface area contributed by atoms with Crippen LogP contribution in [0.3, 0.4) is 0 Å². The fraction of sp³-hybridized carbons (Fsp3) is 0.219. The number of benzene rings is 2. The summed E-state index contributed by atoms with van der Waals surface area (Å²) in [5, 5.41) is 2.99. The number of fused-ring (bicyclic) bond motifs is 1. The number of amides is 1. The molecule has 0 unspecified atom stereocenters. The number of pyridine rings is 2. The number of hydrogen-bond donors (Lipinski definition) is 1. The minimum atomic E-state index is -0.00372. The summed E-state index contributed by atoms with van der Waals surface area (Å²) in [5.74, 6) is 0.909. The highest BCUT2D eigenvalue weighted by molar-refractivity contribution is 5.91. The quantitative estimate of drug-likeness (QED) is 0.303. The van der Waals surface area contributed by atoms with Crippen LogP contribution in [0, 0.1) is 0 Å². The van der Waals surface area contributed by atoms with E-state index in [2.05, 4.69) is 48.3 Å². The third-order valence-corrected chi connectivity index (χ3v) is 7.25. The van der Waals surface area contributed by atoms with E-state index in [-0.39, 0.29) is 5.91 Å². The second-order valence-corrected chi connectivity index (χ2v) is 10.0. The molecule has 2 aromatic carbocycles. The molecule has 1 N–H and O–H groups in total. The van der Waals surface area contributed by atoms with Crippen LogP contribution >= 0.6 is 0 Å². The van der Waals surface area contributed by atoms with Gasteiger partial charge in [-0.3, -0.25) is 24.6 Å². The molecule has 200 valence electrons. The van der Waals surface area contributed by atoms with Gasteiger partial charge in [0.25, 0.3) is 0 Å². The largest absolute Gasteiger partial charge is 0.353 e. The normalized spacial score (nSPS) is 13.8. The molecule has 0 atom stereocenters. The third kappa shape index (κ3) is 6.30. The Bertz CT molecular complexity index is 1570. The van der Waals surface area contributed by atoms with Crippen LogP contribution in [0.2, 0.25) is 0 Å². The molecule has 1 aliphatic heterocycles. The van der Waals surface area contributed by atoms with Gasteiger partial charge >= 0.3 is 0 Å². The minimum Gasteiger partial charge on any atom is -0.353 e. The van der Waals surface area contributed by atoms with Gasteiger partial charge in [0, 0.05) is 69.6 Å². The Morgan fingerprint density at radius 3 is 2.35 bits per heavy atom. The lowest BCUT2D eigenvalue weighted by Crippen LogP contribution is -2.46. The Kier molecular flexibility index (Phi) is 7.68. The van der Waals surface area contributed by atoms with E-state index in [4.69, 9.17) is 4.98 Å². The summed E-state index contributed by atoms with van der Waals surface area (Å²) in [6.07, 6.45) is 10.2. The maximum Gasteiger partial charge on any atom is 0.224 e. The fourth-order valence-corrected chi connectivity index (χ4v) is 5.00. The van der Waals surface area contributed by atoms with Crippen LogP contribution < -0.4 is 10.2 Å². The highest BCUT2D eigenvalue weighted by Crippen LogP contribution is 2.26. The molecule has 0 bridgehead atoms. The molecule has 0 spiro atoms. The van der Waals surface area contributed by atoms with Gasteiger partial charge in [0.15, 0.2) is 0 Å². The molecule has 0 aliphatic carbocycles. The lowest BCUT2D eigenvalue weighted by molar-refractivity contribution is -0.116. The molecule has 6 rings (SSSR count). The van der Waals surface area contributed by atoms with Gasteiger partial charge in [0.1, 0.15) is 5.82 Å². The number of hydrogen-bond acceptors (Lipinski definition) is 7.